The van der Waals surface area contributed by atoms with Crippen molar-refractivity contribution in [3.05, 3.63) is 20.8 Å². The molecule has 1 nitrogen and oxygen atoms in total. The van der Waals surface area contributed by atoms with Crippen LogP contribution in [0.15, 0.2) is 15.9 Å². The molecule has 4 heteroatoms. The Kier molecular flexibility index (Phi) is 4.05. The Morgan fingerprint density at radius 1 is 1.57 bits per heavy atom. The normalized spacial score (nSPS) is 27.9. The fourth-order valence-corrected chi connectivity index (χ4v) is 3.80. The predicted octanol–water partition coefficient (Wildman–Crippen LogP) is 3.85. The molecule has 0 aliphatic carbocycles. The van der Waals surface area contributed by atoms with Gasteiger partial charge in [0.05, 0.1) is 6.61 Å². The minimum absolute atomic E-state index is 0.616. The van der Waals surface area contributed by atoms with Crippen molar-refractivity contribution in [3.8, 4) is 0 Å². The molecule has 2 atom stereocenters. The van der Waals surface area contributed by atoms with Crippen molar-refractivity contribution in [1.82, 2.24) is 0 Å². The lowest BCUT2D eigenvalue weighted by Gasteiger charge is -2.27. The van der Waals surface area contributed by atoms with Gasteiger partial charge in [0.1, 0.15) is 0 Å². The van der Waals surface area contributed by atoms with Gasteiger partial charge in [-0.3, -0.25) is 0 Å². The number of hydrogen-bond donors (Lipinski definition) is 0. The molecule has 2 rings (SSSR count). The third-order valence-corrected chi connectivity index (χ3v) is 5.67. The summed E-state index contributed by atoms with van der Waals surface area (Å²) < 4.78 is 6.74. The van der Waals surface area contributed by atoms with E-state index in [2.05, 4.69) is 43.3 Å². The molecule has 1 saturated heterocycles. The highest BCUT2D eigenvalue weighted by Gasteiger charge is 2.24. The Morgan fingerprint density at radius 3 is 3.07 bits per heavy atom. The first-order valence-electron chi connectivity index (χ1n) is 4.71. The molecule has 0 radical (unpaired) electrons. The topological polar surface area (TPSA) is 9.23 Å². The van der Waals surface area contributed by atoms with Crippen molar-refractivity contribution in [2.24, 2.45) is 5.92 Å². The van der Waals surface area contributed by atoms with Crippen LogP contribution in [-0.2, 0) is 11.2 Å². The van der Waals surface area contributed by atoms with E-state index in [1.54, 1.807) is 0 Å². The summed E-state index contributed by atoms with van der Waals surface area (Å²) in [5.74, 6) is 0.624. The Balaban J connectivity index is 1.99. The molecule has 1 aromatic rings. The second-order valence-electron chi connectivity index (χ2n) is 3.54. The summed E-state index contributed by atoms with van der Waals surface area (Å²) in [6, 6.07) is 2.12. The summed E-state index contributed by atoms with van der Waals surface area (Å²) in [4.78, 5) is 2.05. The van der Waals surface area contributed by atoms with Crippen LogP contribution in [0.2, 0.25) is 0 Å². The first kappa shape index (κ1) is 11.1. The minimum Gasteiger partial charge on any atom is -0.381 e. The van der Waals surface area contributed by atoms with Crippen LogP contribution in [0.25, 0.3) is 0 Å². The summed E-state index contributed by atoms with van der Waals surface area (Å²) in [5.41, 5.74) is 0. The lowest BCUT2D eigenvalue weighted by molar-refractivity contribution is 0.0608. The zero-order valence-electron chi connectivity index (χ0n) is 7.71. The monoisotopic (exact) mass is 338 g/mol. The molecule has 0 N–H and O–H groups in total. The molecule has 1 aliphatic rings. The van der Waals surface area contributed by atoms with Crippen molar-refractivity contribution in [3.63, 3.8) is 0 Å². The number of halogens is 2. The molecule has 1 aliphatic heterocycles. The molecule has 78 valence electrons. The minimum atomic E-state index is 0.616. The maximum Gasteiger partial charge on any atom is 0.0508 e. The Morgan fingerprint density at radius 2 is 2.43 bits per heavy atom. The smallest absolute Gasteiger partial charge is 0.0508 e. The van der Waals surface area contributed by atoms with E-state index in [0.29, 0.717) is 10.7 Å². The number of rotatable bonds is 2. The second kappa shape index (κ2) is 5.10. The first-order chi connectivity index (χ1) is 6.77. The molecule has 0 saturated carbocycles. The van der Waals surface area contributed by atoms with Crippen LogP contribution in [0.3, 0.4) is 0 Å². The molecule has 1 fully saturated rings. The van der Waals surface area contributed by atoms with Crippen molar-refractivity contribution in [1.29, 1.82) is 0 Å². The molecule has 1 aromatic heterocycles. The molecule has 2 heterocycles. The fourth-order valence-electron chi connectivity index (χ4n) is 1.67. The predicted molar refractivity (Wildman–Crippen MR) is 67.4 cm³/mol. The summed E-state index contributed by atoms with van der Waals surface area (Å²) in [6.07, 6.45) is 2.25. The van der Waals surface area contributed by atoms with Gasteiger partial charge in [-0.25, -0.2) is 0 Å². The maximum atomic E-state index is 5.50. The van der Waals surface area contributed by atoms with E-state index in [-0.39, 0.29) is 0 Å². The molecular formula is C10H12Br2OS. The standard InChI is InChI=1S/C10H12Br2OS/c11-8-1-3-13-6-7(8)5-10-9(12)2-4-14-10/h2,4,7-8H,1,3,5-6H2. The average Bonchev–Trinajstić information content (AvgIpc) is 2.56. The zero-order valence-corrected chi connectivity index (χ0v) is 11.7. The van der Waals surface area contributed by atoms with Crippen LogP contribution in [0.1, 0.15) is 11.3 Å². The van der Waals surface area contributed by atoms with Crippen LogP contribution in [0, 0.1) is 5.92 Å². The van der Waals surface area contributed by atoms with Crippen LogP contribution < -0.4 is 0 Å². The number of hydrogen-bond acceptors (Lipinski definition) is 2. The Labute approximate surface area is 105 Å². The number of thiophene rings is 1. The summed E-state index contributed by atoms with van der Waals surface area (Å²) in [7, 11) is 0. The van der Waals surface area contributed by atoms with Gasteiger partial charge in [0, 0.05) is 20.8 Å². The van der Waals surface area contributed by atoms with E-state index in [4.69, 9.17) is 4.74 Å². The summed E-state index contributed by atoms with van der Waals surface area (Å²) in [6.45, 7) is 1.79. The van der Waals surface area contributed by atoms with Crippen LogP contribution in [0.5, 0.6) is 0 Å². The summed E-state index contributed by atoms with van der Waals surface area (Å²) >= 11 is 9.12. The highest BCUT2D eigenvalue weighted by atomic mass is 79.9. The van der Waals surface area contributed by atoms with Crippen LogP contribution >= 0.6 is 43.2 Å². The highest BCUT2D eigenvalue weighted by molar-refractivity contribution is 9.10. The average molecular weight is 340 g/mol. The zero-order chi connectivity index (χ0) is 9.97. The van der Waals surface area contributed by atoms with E-state index in [0.717, 1.165) is 26.1 Å². The molecule has 0 amide bonds. The molecular weight excluding hydrogens is 328 g/mol. The molecule has 14 heavy (non-hydrogen) atoms. The molecule has 0 aromatic carbocycles. The van der Waals surface area contributed by atoms with E-state index < -0.39 is 0 Å². The van der Waals surface area contributed by atoms with Gasteiger partial charge >= 0.3 is 0 Å². The molecule has 0 spiro atoms. The lowest BCUT2D eigenvalue weighted by atomic mass is 9.98. The molecule has 2 unspecified atom stereocenters. The van der Waals surface area contributed by atoms with Crippen molar-refractivity contribution in [2.45, 2.75) is 17.7 Å². The molecule has 0 bridgehead atoms. The van der Waals surface area contributed by atoms with Gasteiger partial charge in [0.15, 0.2) is 0 Å². The third-order valence-electron chi connectivity index (χ3n) is 2.52. The Bertz CT molecular complexity index is 300. The van der Waals surface area contributed by atoms with E-state index >= 15 is 0 Å². The van der Waals surface area contributed by atoms with Gasteiger partial charge < -0.3 is 4.74 Å². The third kappa shape index (κ3) is 2.60. The van der Waals surface area contributed by atoms with E-state index in [1.807, 2.05) is 11.3 Å². The van der Waals surface area contributed by atoms with Gasteiger partial charge in [0.2, 0.25) is 0 Å². The van der Waals surface area contributed by atoms with Crippen molar-refractivity contribution in [2.75, 3.05) is 13.2 Å². The van der Waals surface area contributed by atoms with Gasteiger partial charge in [-0.2, -0.15) is 0 Å². The summed E-state index contributed by atoms with van der Waals surface area (Å²) in [5, 5.41) is 2.13. The second-order valence-corrected chi connectivity index (χ2v) is 6.57. The van der Waals surface area contributed by atoms with Crippen LogP contribution in [0.4, 0.5) is 0 Å². The Hall–Kier alpha value is 0.620. The van der Waals surface area contributed by atoms with Gasteiger partial charge in [-0.05, 0) is 46.1 Å². The highest BCUT2D eigenvalue weighted by Crippen LogP contribution is 2.31. The maximum absolute atomic E-state index is 5.50. The first-order valence-corrected chi connectivity index (χ1v) is 7.30. The van der Waals surface area contributed by atoms with Gasteiger partial charge in [0.25, 0.3) is 0 Å². The van der Waals surface area contributed by atoms with Gasteiger partial charge in [-0.15, -0.1) is 11.3 Å². The van der Waals surface area contributed by atoms with Crippen molar-refractivity contribution >= 4 is 43.2 Å². The fraction of sp³-hybridized carbons (Fsp3) is 0.600. The van der Waals surface area contributed by atoms with E-state index in [1.165, 1.54) is 9.35 Å². The largest absolute Gasteiger partial charge is 0.381 e. The number of ether oxygens (including phenoxy) is 1. The van der Waals surface area contributed by atoms with Gasteiger partial charge in [-0.1, -0.05) is 15.9 Å². The lowest BCUT2D eigenvalue weighted by Crippen LogP contribution is -2.29. The SMILES string of the molecule is Brc1ccsc1CC1COCCC1Br. The van der Waals surface area contributed by atoms with Crippen LogP contribution in [-0.4, -0.2) is 18.0 Å². The van der Waals surface area contributed by atoms with Crippen molar-refractivity contribution < 1.29 is 4.74 Å². The van der Waals surface area contributed by atoms with E-state index in [9.17, 15) is 0 Å². The number of alkyl halides is 1. The quantitative estimate of drug-likeness (QED) is 0.743.